The number of sulfonamides is 1. The van der Waals surface area contributed by atoms with Crippen LogP contribution < -0.4 is 10.0 Å². The fraction of sp³-hybridized carbons (Fsp3) is 0.435. The van der Waals surface area contributed by atoms with Gasteiger partial charge >= 0.3 is 0 Å². The first-order chi connectivity index (χ1) is 15.2. The van der Waals surface area contributed by atoms with Crippen molar-refractivity contribution in [3.8, 4) is 0 Å². The molecule has 0 aromatic heterocycles. The van der Waals surface area contributed by atoms with Gasteiger partial charge in [0.05, 0.1) is 25.4 Å². The van der Waals surface area contributed by atoms with Gasteiger partial charge in [-0.2, -0.15) is 0 Å². The Balaban J connectivity index is 1.45. The van der Waals surface area contributed by atoms with Crippen LogP contribution in [0, 0.1) is 5.82 Å². The lowest BCUT2D eigenvalue weighted by atomic mass is 10.1. The minimum Gasteiger partial charge on any atom is -0.374 e. The van der Waals surface area contributed by atoms with E-state index >= 15 is 0 Å². The zero-order chi connectivity index (χ0) is 23.1. The minimum absolute atomic E-state index is 0.131. The van der Waals surface area contributed by atoms with Crippen molar-refractivity contribution in [1.29, 1.82) is 0 Å². The first-order valence-electron chi connectivity index (χ1n) is 10.7. The Kier molecular flexibility index (Phi) is 8.22. The Labute approximate surface area is 189 Å². The highest BCUT2D eigenvalue weighted by atomic mass is 32.2. The van der Waals surface area contributed by atoms with Crippen molar-refractivity contribution in [3.05, 3.63) is 65.0 Å². The van der Waals surface area contributed by atoms with Crippen LogP contribution in [0.3, 0.4) is 0 Å². The summed E-state index contributed by atoms with van der Waals surface area (Å²) >= 11 is 0. The summed E-state index contributed by atoms with van der Waals surface area (Å²) in [7, 11) is -3.33. The fourth-order valence-corrected chi connectivity index (χ4v) is 4.23. The van der Waals surface area contributed by atoms with Gasteiger partial charge in [-0.3, -0.25) is 14.4 Å². The first-order valence-corrected chi connectivity index (χ1v) is 12.6. The van der Waals surface area contributed by atoms with E-state index in [2.05, 4.69) is 14.9 Å². The van der Waals surface area contributed by atoms with Gasteiger partial charge in [0.2, 0.25) is 15.9 Å². The second kappa shape index (κ2) is 10.9. The predicted octanol–water partition coefficient (Wildman–Crippen LogP) is 2.32. The van der Waals surface area contributed by atoms with E-state index < -0.39 is 10.0 Å². The van der Waals surface area contributed by atoms with Gasteiger partial charge < -0.3 is 10.1 Å². The van der Waals surface area contributed by atoms with Gasteiger partial charge in [-0.15, -0.1) is 0 Å². The summed E-state index contributed by atoms with van der Waals surface area (Å²) in [6.45, 7) is 4.95. The van der Waals surface area contributed by atoms with Crippen LogP contribution in [-0.4, -0.2) is 57.8 Å². The number of amides is 1. The Morgan fingerprint density at radius 1 is 1.19 bits per heavy atom. The molecule has 2 aromatic rings. The zero-order valence-electron chi connectivity index (χ0n) is 18.4. The van der Waals surface area contributed by atoms with Crippen LogP contribution in [0.4, 0.5) is 10.1 Å². The maximum absolute atomic E-state index is 14.0. The number of carbonyl (C=O) groups excluding carboxylic acids is 1. The highest BCUT2D eigenvalue weighted by Crippen LogP contribution is 2.15. The van der Waals surface area contributed by atoms with Gasteiger partial charge in [0, 0.05) is 31.9 Å². The zero-order valence-corrected chi connectivity index (χ0v) is 19.3. The third-order valence-corrected chi connectivity index (χ3v) is 5.88. The molecular formula is C23H30FN3O4S. The maximum Gasteiger partial charge on any atom is 0.229 e. The molecule has 2 aromatic carbocycles. The van der Waals surface area contributed by atoms with E-state index in [4.69, 9.17) is 4.74 Å². The van der Waals surface area contributed by atoms with Crippen molar-refractivity contribution < 1.29 is 22.3 Å². The summed E-state index contributed by atoms with van der Waals surface area (Å²) in [4.78, 5) is 14.5. The molecule has 1 heterocycles. The molecule has 1 aliphatic heterocycles. The van der Waals surface area contributed by atoms with E-state index in [0.717, 1.165) is 29.5 Å². The normalized spacial score (nSPS) is 17.2. The predicted molar refractivity (Wildman–Crippen MR) is 122 cm³/mol. The molecule has 0 radical (unpaired) electrons. The molecule has 0 aliphatic carbocycles. The molecule has 0 saturated carbocycles. The van der Waals surface area contributed by atoms with Crippen molar-refractivity contribution in [3.63, 3.8) is 0 Å². The molecule has 1 saturated heterocycles. The van der Waals surface area contributed by atoms with E-state index in [0.29, 0.717) is 38.3 Å². The Bertz CT molecular complexity index is 1030. The number of halogens is 1. The van der Waals surface area contributed by atoms with Crippen LogP contribution >= 0.6 is 0 Å². The van der Waals surface area contributed by atoms with Crippen LogP contribution in [0.1, 0.15) is 23.6 Å². The number of carbonyl (C=O) groups is 1. The van der Waals surface area contributed by atoms with Crippen LogP contribution in [0.5, 0.6) is 0 Å². The van der Waals surface area contributed by atoms with Crippen LogP contribution in [0.2, 0.25) is 0 Å². The molecule has 1 fully saturated rings. The minimum atomic E-state index is -3.33. The SMILES string of the molecule is CCc1ccc(CN2CCO[C@@H](CNC(=O)Cc3ccc(NS(C)(=O)=O)cc3)C2)cc1F. The summed E-state index contributed by atoms with van der Waals surface area (Å²) in [6, 6.07) is 12.1. The topological polar surface area (TPSA) is 87.7 Å². The van der Waals surface area contributed by atoms with E-state index in [1.54, 1.807) is 30.3 Å². The summed E-state index contributed by atoms with van der Waals surface area (Å²) in [5, 5.41) is 2.90. The van der Waals surface area contributed by atoms with Crippen molar-refractivity contribution >= 4 is 21.6 Å². The van der Waals surface area contributed by atoms with E-state index in [1.807, 2.05) is 19.1 Å². The van der Waals surface area contributed by atoms with Crippen LogP contribution in [0.25, 0.3) is 0 Å². The number of anilines is 1. The Hall–Kier alpha value is -2.49. The number of rotatable bonds is 9. The summed E-state index contributed by atoms with van der Waals surface area (Å²) < 4.78 is 44.7. The quantitative estimate of drug-likeness (QED) is 0.596. The van der Waals surface area contributed by atoms with Gasteiger partial charge in [0.25, 0.3) is 0 Å². The highest BCUT2D eigenvalue weighted by molar-refractivity contribution is 7.92. The molecule has 0 spiro atoms. The summed E-state index contributed by atoms with van der Waals surface area (Å²) in [5.74, 6) is -0.297. The number of ether oxygens (including phenoxy) is 1. The molecule has 32 heavy (non-hydrogen) atoms. The van der Waals surface area contributed by atoms with Crippen molar-refractivity contribution in [2.45, 2.75) is 32.4 Å². The highest BCUT2D eigenvalue weighted by Gasteiger charge is 2.21. The Morgan fingerprint density at radius 3 is 2.56 bits per heavy atom. The number of nitrogens with one attached hydrogen (secondary N) is 2. The van der Waals surface area contributed by atoms with Crippen molar-refractivity contribution in [1.82, 2.24) is 10.2 Å². The largest absolute Gasteiger partial charge is 0.374 e. The molecule has 0 unspecified atom stereocenters. The molecule has 1 amide bonds. The number of benzene rings is 2. The van der Waals surface area contributed by atoms with Gasteiger partial charge in [-0.25, -0.2) is 12.8 Å². The number of aryl methyl sites for hydroxylation is 1. The molecule has 1 aliphatic rings. The Morgan fingerprint density at radius 2 is 1.91 bits per heavy atom. The summed E-state index contributed by atoms with van der Waals surface area (Å²) in [5.41, 5.74) is 2.89. The number of nitrogens with zero attached hydrogens (tertiary/aromatic N) is 1. The third-order valence-electron chi connectivity index (χ3n) is 5.28. The van der Waals surface area contributed by atoms with Crippen molar-refractivity contribution in [2.75, 3.05) is 37.2 Å². The van der Waals surface area contributed by atoms with Crippen LogP contribution in [-0.2, 0) is 38.9 Å². The molecular weight excluding hydrogens is 433 g/mol. The fourth-order valence-electron chi connectivity index (χ4n) is 3.66. The average molecular weight is 464 g/mol. The van der Waals surface area contributed by atoms with E-state index in [1.165, 1.54) is 0 Å². The molecule has 174 valence electrons. The van der Waals surface area contributed by atoms with E-state index in [-0.39, 0.29) is 24.2 Å². The maximum atomic E-state index is 14.0. The molecule has 9 heteroatoms. The third kappa shape index (κ3) is 7.58. The van der Waals surface area contributed by atoms with Gasteiger partial charge in [-0.05, 0) is 41.3 Å². The lowest BCUT2D eigenvalue weighted by Gasteiger charge is -2.33. The van der Waals surface area contributed by atoms with Gasteiger partial charge in [0.1, 0.15) is 5.82 Å². The molecule has 7 nitrogen and oxygen atoms in total. The summed E-state index contributed by atoms with van der Waals surface area (Å²) in [6.07, 6.45) is 1.82. The average Bonchev–Trinajstić information content (AvgIpc) is 2.73. The van der Waals surface area contributed by atoms with Gasteiger partial charge in [-0.1, -0.05) is 31.2 Å². The second-order valence-corrected chi connectivity index (χ2v) is 9.81. The number of hydrogen-bond donors (Lipinski definition) is 2. The lowest BCUT2D eigenvalue weighted by Crippen LogP contribution is -2.47. The molecule has 2 N–H and O–H groups in total. The lowest BCUT2D eigenvalue weighted by molar-refractivity contribution is -0.121. The van der Waals surface area contributed by atoms with Gasteiger partial charge in [0.15, 0.2) is 0 Å². The van der Waals surface area contributed by atoms with E-state index in [9.17, 15) is 17.6 Å². The first kappa shape index (κ1) is 24.2. The monoisotopic (exact) mass is 463 g/mol. The molecule has 0 bridgehead atoms. The van der Waals surface area contributed by atoms with Crippen LogP contribution in [0.15, 0.2) is 42.5 Å². The van der Waals surface area contributed by atoms with Crippen molar-refractivity contribution in [2.24, 2.45) is 0 Å². The molecule has 1 atom stereocenters. The number of morpholine rings is 1. The number of hydrogen-bond acceptors (Lipinski definition) is 5. The second-order valence-electron chi connectivity index (χ2n) is 8.06. The molecule has 3 rings (SSSR count). The smallest absolute Gasteiger partial charge is 0.229 e. The standard InChI is InChI=1S/C23H30FN3O4S/c1-3-19-7-4-18(12-22(19)24)15-27-10-11-31-21(16-27)14-25-23(28)13-17-5-8-20(9-6-17)26-32(2,29)30/h4-9,12,21,26H,3,10-11,13-16H2,1-2H3,(H,25,28)/t21-/m0/s1.